The molecule has 94 valence electrons. The maximum absolute atomic E-state index is 12.9. The second-order valence-electron chi connectivity index (χ2n) is 4.98. The molecule has 0 saturated carbocycles. The Labute approximate surface area is 100 Å². The summed E-state index contributed by atoms with van der Waals surface area (Å²) in [4.78, 5) is 11.7. The molecular formula is C13H17F2NO. The Kier molecular flexibility index (Phi) is 4.34. The van der Waals surface area contributed by atoms with Gasteiger partial charge in [0.2, 0.25) is 0 Å². The Bertz CT molecular complexity index is 410. The van der Waals surface area contributed by atoms with Gasteiger partial charge in [-0.3, -0.25) is 4.79 Å². The maximum atomic E-state index is 12.9. The Morgan fingerprint density at radius 2 is 1.88 bits per heavy atom. The van der Waals surface area contributed by atoms with Crippen LogP contribution in [-0.2, 0) is 0 Å². The van der Waals surface area contributed by atoms with Gasteiger partial charge in [-0.05, 0) is 39.0 Å². The van der Waals surface area contributed by atoms with Crippen LogP contribution in [0.25, 0.3) is 0 Å². The van der Waals surface area contributed by atoms with Gasteiger partial charge in [0.25, 0.3) is 0 Å². The van der Waals surface area contributed by atoms with Gasteiger partial charge in [0.15, 0.2) is 17.4 Å². The van der Waals surface area contributed by atoms with E-state index in [9.17, 15) is 13.6 Å². The number of Topliss-reactive ketones (excluding diaryl/α,β-unsaturated/α-hetero) is 1. The van der Waals surface area contributed by atoms with Gasteiger partial charge in [-0.15, -0.1) is 0 Å². The fourth-order valence-electron chi connectivity index (χ4n) is 1.36. The number of nitrogens with one attached hydrogen (secondary N) is 1. The van der Waals surface area contributed by atoms with Crippen LogP contribution in [0, 0.1) is 11.6 Å². The lowest BCUT2D eigenvalue weighted by molar-refractivity contribution is 0.0980. The zero-order valence-corrected chi connectivity index (χ0v) is 10.3. The van der Waals surface area contributed by atoms with Crippen molar-refractivity contribution in [2.24, 2.45) is 0 Å². The molecule has 0 aromatic heterocycles. The third-order valence-electron chi connectivity index (χ3n) is 2.25. The van der Waals surface area contributed by atoms with E-state index >= 15 is 0 Å². The minimum atomic E-state index is -0.986. The van der Waals surface area contributed by atoms with Crippen molar-refractivity contribution >= 4 is 5.78 Å². The third kappa shape index (κ3) is 4.61. The zero-order valence-electron chi connectivity index (χ0n) is 10.3. The number of halogens is 2. The van der Waals surface area contributed by atoms with Gasteiger partial charge >= 0.3 is 0 Å². The van der Waals surface area contributed by atoms with E-state index in [2.05, 4.69) is 5.32 Å². The average molecular weight is 241 g/mol. The number of ketones is 1. The number of hydrogen-bond donors (Lipinski definition) is 1. The summed E-state index contributed by atoms with van der Waals surface area (Å²) in [6, 6.07) is 3.21. The molecule has 1 aromatic carbocycles. The predicted octanol–water partition coefficient (Wildman–Crippen LogP) is 2.93. The van der Waals surface area contributed by atoms with Crippen molar-refractivity contribution < 1.29 is 13.6 Å². The number of benzene rings is 1. The largest absolute Gasteiger partial charge is 0.312 e. The SMILES string of the molecule is CC(C)(C)NCCC(=O)c1ccc(F)c(F)c1. The molecule has 17 heavy (non-hydrogen) atoms. The van der Waals surface area contributed by atoms with Crippen LogP contribution >= 0.6 is 0 Å². The van der Waals surface area contributed by atoms with Gasteiger partial charge in [0.1, 0.15) is 0 Å². The second-order valence-corrected chi connectivity index (χ2v) is 4.98. The summed E-state index contributed by atoms with van der Waals surface area (Å²) < 4.78 is 25.6. The van der Waals surface area contributed by atoms with Crippen LogP contribution in [0.5, 0.6) is 0 Å². The molecule has 0 spiro atoms. The lowest BCUT2D eigenvalue weighted by atomic mass is 10.1. The fourth-order valence-corrected chi connectivity index (χ4v) is 1.36. The summed E-state index contributed by atoms with van der Waals surface area (Å²) in [7, 11) is 0. The van der Waals surface area contributed by atoms with Crippen molar-refractivity contribution in [2.75, 3.05) is 6.54 Å². The second kappa shape index (κ2) is 5.36. The molecular weight excluding hydrogens is 224 g/mol. The molecule has 0 fully saturated rings. The summed E-state index contributed by atoms with van der Waals surface area (Å²) in [5.41, 5.74) is 0.147. The van der Waals surface area contributed by atoms with Gasteiger partial charge in [-0.2, -0.15) is 0 Å². The molecule has 0 saturated heterocycles. The molecule has 0 aliphatic heterocycles. The van der Waals surface area contributed by atoms with E-state index in [0.29, 0.717) is 6.54 Å². The summed E-state index contributed by atoms with van der Waals surface area (Å²) in [6.07, 6.45) is 0.266. The van der Waals surface area contributed by atoms with Crippen molar-refractivity contribution in [1.82, 2.24) is 5.32 Å². The van der Waals surface area contributed by atoms with Crippen molar-refractivity contribution in [1.29, 1.82) is 0 Å². The van der Waals surface area contributed by atoms with E-state index < -0.39 is 11.6 Å². The molecule has 2 nitrogen and oxygen atoms in total. The van der Waals surface area contributed by atoms with Gasteiger partial charge in [0.05, 0.1) is 0 Å². The highest BCUT2D eigenvalue weighted by atomic mass is 19.2. The minimum Gasteiger partial charge on any atom is -0.312 e. The Morgan fingerprint density at radius 1 is 1.24 bits per heavy atom. The molecule has 0 aliphatic carbocycles. The number of carbonyl (C=O) groups excluding carboxylic acids is 1. The Morgan fingerprint density at radius 3 is 2.41 bits per heavy atom. The molecule has 0 atom stereocenters. The highest BCUT2D eigenvalue weighted by Gasteiger charge is 2.12. The minimum absolute atomic E-state index is 0.0612. The maximum Gasteiger partial charge on any atom is 0.164 e. The Hall–Kier alpha value is -1.29. The lowest BCUT2D eigenvalue weighted by Gasteiger charge is -2.20. The third-order valence-corrected chi connectivity index (χ3v) is 2.25. The van der Waals surface area contributed by atoms with E-state index in [4.69, 9.17) is 0 Å². The average Bonchev–Trinajstić information content (AvgIpc) is 2.20. The highest BCUT2D eigenvalue weighted by Crippen LogP contribution is 2.10. The van der Waals surface area contributed by atoms with Crippen LogP contribution in [0.2, 0.25) is 0 Å². The first kappa shape index (κ1) is 13.8. The van der Waals surface area contributed by atoms with E-state index in [-0.39, 0.29) is 23.3 Å². The molecule has 0 amide bonds. The number of hydrogen-bond acceptors (Lipinski definition) is 2. The highest BCUT2D eigenvalue weighted by molar-refractivity contribution is 5.96. The summed E-state index contributed by atoms with van der Waals surface area (Å²) >= 11 is 0. The zero-order chi connectivity index (χ0) is 13.1. The number of carbonyl (C=O) groups is 1. The standard InChI is InChI=1S/C13H17F2NO/c1-13(2,3)16-7-6-12(17)9-4-5-10(14)11(15)8-9/h4-5,8,16H,6-7H2,1-3H3. The molecule has 0 bridgehead atoms. The van der Waals surface area contributed by atoms with Crippen LogP contribution in [0.15, 0.2) is 18.2 Å². The van der Waals surface area contributed by atoms with Gasteiger partial charge in [-0.1, -0.05) is 0 Å². The smallest absolute Gasteiger partial charge is 0.164 e. The first-order valence-corrected chi connectivity index (χ1v) is 5.53. The monoisotopic (exact) mass is 241 g/mol. The quantitative estimate of drug-likeness (QED) is 0.821. The van der Waals surface area contributed by atoms with Crippen LogP contribution in [0.3, 0.4) is 0 Å². The molecule has 4 heteroatoms. The molecule has 1 rings (SSSR count). The molecule has 0 radical (unpaired) electrons. The molecule has 0 unspecified atom stereocenters. The molecule has 0 aliphatic rings. The first-order chi connectivity index (χ1) is 7.79. The van der Waals surface area contributed by atoms with Gasteiger partial charge < -0.3 is 5.32 Å². The van der Waals surface area contributed by atoms with E-state index in [0.717, 1.165) is 12.1 Å². The number of rotatable bonds is 4. The van der Waals surface area contributed by atoms with Crippen LogP contribution in [0.1, 0.15) is 37.6 Å². The van der Waals surface area contributed by atoms with Crippen molar-refractivity contribution in [3.05, 3.63) is 35.4 Å². The lowest BCUT2D eigenvalue weighted by Crippen LogP contribution is -2.37. The summed E-state index contributed by atoms with van der Waals surface area (Å²) in [5.74, 6) is -2.12. The van der Waals surface area contributed by atoms with Crippen molar-refractivity contribution in [2.45, 2.75) is 32.7 Å². The van der Waals surface area contributed by atoms with E-state index in [1.54, 1.807) is 0 Å². The molecule has 0 heterocycles. The summed E-state index contributed by atoms with van der Waals surface area (Å²) in [6.45, 7) is 6.50. The van der Waals surface area contributed by atoms with Gasteiger partial charge in [-0.25, -0.2) is 8.78 Å². The normalized spacial score (nSPS) is 11.6. The van der Waals surface area contributed by atoms with Crippen LogP contribution in [-0.4, -0.2) is 17.9 Å². The first-order valence-electron chi connectivity index (χ1n) is 5.53. The molecule has 1 N–H and O–H groups in total. The summed E-state index contributed by atoms with van der Waals surface area (Å²) in [5, 5.41) is 3.16. The van der Waals surface area contributed by atoms with Crippen molar-refractivity contribution in [3.63, 3.8) is 0 Å². The fraction of sp³-hybridized carbons (Fsp3) is 0.462. The van der Waals surface area contributed by atoms with Crippen molar-refractivity contribution in [3.8, 4) is 0 Å². The van der Waals surface area contributed by atoms with Gasteiger partial charge in [0, 0.05) is 24.1 Å². The van der Waals surface area contributed by atoms with E-state index in [1.165, 1.54) is 6.07 Å². The molecule has 1 aromatic rings. The van der Waals surface area contributed by atoms with E-state index in [1.807, 2.05) is 20.8 Å². The van der Waals surface area contributed by atoms with Crippen LogP contribution in [0.4, 0.5) is 8.78 Å². The predicted molar refractivity (Wildman–Crippen MR) is 63.1 cm³/mol. The van der Waals surface area contributed by atoms with Crippen LogP contribution < -0.4 is 5.32 Å². The Balaban J connectivity index is 2.56. The topological polar surface area (TPSA) is 29.1 Å².